The first-order valence-corrected chi connectivity index (χ1v) is 8.12. The second-order valence-corrected chi connectivity index (χ2v) is 6.24. The highest BCUT2D eigenvalue weighted by atomic mass is 19.4. The lowest BCUT2D eigenvalue weighted by Crippen LogP contribution is -2.51. The quantitative estimate of drug-likeness (QED) is 0.715. The summed E-state index contributed by atoms with van der Waals surface area (Å²) in [5.41, 5.74) is -4.69. The Balaban J connectivity index is 2.80. The first kappa shape index (κ1) is 22.6. The number of ether oxygens (including phenoxy) is 1. The van der Waals surface area contributed by atoms with E-state index in [-0.39, 0.29) is 38.3 Å². The van der Waals surface area contributed by atoms with Gasteiger partial charge in [-0.15, -0.1) is 0 Å². The van der Waals surface area contributed by atoms with Gasteiger partial charge in [0.25, 0.3) is 5.92 Å². The van der Waals surface area contributed by atoms with Gasteiger partial charge >= 0.3 is 12.4 Å². The van der Waals surface area contributed by atoms with Crippen LogP contribution < -0.4 is 10.1 Å². The van der Waals surface area contributed by atoms with Gasteiger partial charge in [0.05, 0.1) is 18.2 Å². The van der Waals surface area contributed by atoms with Gasteiger partial charge in [0, 0.05) is 31.7 Å². The van der Waals surface area contributed by atoms with Gasteiger partial charge in [-0.25, -0.2) is 8.78 Å². The van der Waals surface area contributed by atoms with E-state index in [9.17, 15) is 35.1 Å². The van der Waals surface area contributed by atoms with Crippen LogP contribution in [0, 0.1) is 0 Å². The molecule has 2 N–H and O–H groups in total. The normalized spacial score (nSPS) is 18.2. The van der Waals surface area contributed by atoms with Crippen molar-refractivity contribution < 1.29 is 45.0 Å². The summed E-state index contributed by atoms with van der Waals surface area (Å²) < 4.78 is 114. The number of aliphatic hydroxyl groups is 1. The Labute approximate surface area is 155 Å². The van der Waals surface area contributed by atoms with Crippen LogP contribution in [0.1, 0.15) is 22.7 Å². The molecule has 0 unspecified atom stereocenters. The van der Waals surface area contributed by atoms with E-state index in [0.717, 1.165) is 12.0 Å². The number of halogens is 8. The number of nitrogens with zero attached hydrogens (tertiary/aromatic N) is 1. The maximum atomic E-state index is 14.5. The number of nitrogens with one attached hydrogen (secondary N) is 1. The third-order valence-electron chi connectivity index (χ3n) is 4.40. The summed E-state index contributed by atoms with van der Waals surface area (Å²) in [7, 11) is 0.797. The zero-order valence-electron chi connectivity index (χ0n) is 14.6. The third-order valence-corrected chi connectivity index (χ3v) is 4.40. The van der Waals surface area contributed by atoms with Gasteiger partial charge in [-0.05, 0) is 12.1 Å². The lowest BCUT2D eigenvalue weighted by molar-refractivity contribution is -0.148. The zero-order chi connectivity index (χ0) is 21.3. The Morgan fingerprint density at radius 3 is 2.04 bits per heavy atom. The molecule has 1 saturated heterocycles. The van der Waals surface area contributed by atoms with E-state index in [0.29, 0.717) is 0 Å². The number of benzene rings is 1. The minimum atomic E-state index is -5.36. The van der Waals surface area contributed by atoms with Gasteiger partial charge in [0.15, 0.2) is 0 Å². The minimum Gasteiger partial charge on any atom is -0.496 e. The van der Waals surface area contributed by atoms with E-state index >= 15 is 0 Å². The highest BCUT2D eigenvalue weighted by Crippen LogP contribution is 2.48. The predicted octanol–water partition coefficient (Wildman–Crippen LogP) is 3.31. The Bertz CT molecular complexity index is 684. The molecule has 1 aliphatic rings. The van der Waals surface area contributed by atoms with Crippen LogP contribution >= 0.6 is 0 Å². The maximum absolute atomic E-state index is 14.5. The first-order chi connectivity index (χ1) is 12.8. The smallest absolute Gasteiger partial charge is 0.416 e. The summed E-state index contributed by atoms with van der Waals surface area (Å²) in [6.45, 7) is -1.61. The Hall–Kier alpha value is -1.66. The molecule has 1 aliphatic heterocycles. The number of alkyl halides is 8. The van der Waals surface area contributed by atoms with E-state index < -0.39 is 53.4 Å². The van der Waals surface area contributed by atoms with Crippen molar-refractivity contribution in [3.8, 4) is 5.75 Å². The topological polar surface area (TPSA) is 44.7 Å². The van der Waals surface area contributed by atoms with Gasteiger partial charge in [-0.3, -0.25) is 4.90 Å². The number of hydrogen-bond donors (Lipinski definition) is 2. The van der Waals surface area contributed by atoms with Crippen molar-refractivity contribution in [2.45, 2.75) is 24.3 Å². The average Bonchev–Trinajstić information content (AvgIpc) is 2.60. The predicted molar refractivity (Wildman–Crippen MR) is 82.2 cm³/mol. The fraction of sp³-hybridized carbons (Fsp3) is 0.625. The molecular weight excluding hydrogens is 404 g/mol. The summed E-state index contributed by atoms with van der Waals surface area (Å²) in [6.07, 6.45) is -10.5. The number of piperazine rings is 1. The maximum Gasteiger partial charge on any atom is 0.416 e. The molecule has 0 bridgehead atoms. The van der Waals surface area contributed by atoms with Gasteiger partial charge in [-0.1, -0.05) is 0 Å². The van der Waals surface area contributed by atoms with Crippen LogP contribution in [-0.4, -0.2) is 55.8 Å². The van der Waals surface area contributed by atoms with Crippen molar-refractivity contribution >= 4 is 0 Å². The molecule has 160 valence electrons. The molecule has 0 aliphatic carbocycles. The fourth-order valence-corrected chi connectivity index (χ4v) is 3.16. The summed E-state index contributed by atoms with van der Waals surface area (Å²) in [5.74, 6) is -5.04. The molecule has 1 heterocycles. The molecule has 4 nitrogen and oxygen atoms in total. The lowest BCUT2D eigenvalue weighted by atomic mass is 9.90. The van der Waals surface area contributed by atoms with Gasteiger partial charge in [0.1, 0.15) is 18.4 Å². The van der Waals surface area contributed by atoms with Crippen LogP contribution in [0.3, 0.4) is 0 Å². The number of aliphatic hydroxyl groups excluding tert-OH is 1. The van der Waals surface area contributed by atoms with Crippen LogP contribution in [0.25, 0.3) is 0 Å². The Morgan fingerprint density at radius 1 is 1.04 bits per heavy atom. The molecule has 0 aromatic heterocycles. The molecule has 0 saturated carbocycles. The van der Waals surface area contributed by atoms with Crippen LogP contribution in [0.2, 0.25) is 0 Å². The first-order valence-electron chi connectivity index (χ1n) is 8.12. The fourth-order valence-electron chi connectivity index (χ4n) is 3.16. The molecule has 1 atom stereocenters. The molecule has 0 amide bonds. The second kappa shape index (κ2) is 7.99. The van der Waals surface area contributed by atoms with Gasteiger partial charge in [0.2, 0.25) is 0 Å². The van der Waals surface area contributed by atoms with Crippen LogP contribution in [-0.2, 0) is 12.4 Å². The SMILES string of the molecule is COc1cc(C(F)(F)F)cc(C(F)(F)F)c1[C@H](N1CCNCC1)C(F)(F)CO. The molecule has 1 aromatic rings. The van der Waals surface area contributed by atoms with E-state index in [1.165, 1.54) is 0 Å². The molecule has 0 radical (unpaired) electrons. The highest BCUT2D eigenvalue weighted by molar-refractivity contribution is 5.49. The monoisotopic (exact) mass is 422 g/mol. The average molecular weight is 422 g/mol. The molecule has 1 fully saturated rings. The van der Waals surface area contributed by atoms with Crippen LogP contribution in [0.15, 0.2) is 12.1 Å². The Kier molecular flexibility index (Phi) is 6.46. The molecule has 12 heteroatoms. The van der Waals surface area contributed by atoms with Crippen molar-refractivity contribution in [2.24, 2.45) is 0 Å². The largest absolute Gasteiger partial charge is 0.496 e. The third kappa shape index (κ3) is 4.66. The standard InChI is InChI=1S/C16H18F8N2O2/c1-28-11-7-9(15(19,20)21)6-10(16(22,23)24)12(11)13(14(17,18)8-27)26-4-2-25-3-5-26/h6-7,13,25,27H,2-5,8H2,1H3/t13-/m0/s1. The number of methoxy groups -OCH3 is 1. The zero-order valence-corrected chi connectivity index (χ0v) is 14.6. The van der Waals surface area contributed by atoms with Crippen molar-refractivity contribution in [1.29, 1.82) is 0 Å². The van der Waals surface area contributed by atoms with Crippen molar-refractivity contribution in [3.63, 3.8) is 0 Å². The van der Waals surface area contributed by atoms with Crippen molar-refractivity contribution in [2.75, 3.05) is 39.9 Å². The van der Waals surface area contributed by atoms with Crippen molar-refractivity contribution in [1.82, 2.24) is 10.2 Å². The van der Waals surface area contributed by atoms with E-state index in [2.05, 4.69) is 10.1 Å². The summed E-state index contributed by atoms with van der Waals surface area (Å²) in [6, 6.07) is -2.28. The lowest BCUT2D eigenvalue weighted by Gasteiger charge is -2.40. The van der Waals surface area contributed by atoms with Gasteiger partial charge in [-0.2, -0.15) is 26.3 Å². The molecular formula is C16H18F8N2O2. The van der Waals surface area contributed by atoms with Crippen LogP contribution in [0.5, 0.6) is 5.75 Å². The summed E-state index contributed by atoms with van der Waals surface area (Å²) in [4.78, 5) is 0.993. The van der Waals surface area contributed by atoms with E-state index in [1.807, 2.05) is 0 Å². The van der Waals surface area contributed by atoms with Gasteiger partial charge < -0.3 is 15.2 Å². The van der Waals surface area contributed by atoms with Crippen molar-refractivity contribution in [3.05, 3.63) is 28.8 Å². The van der Waals surface area contributed by atoms with E-state index in [1.54, 1.807) is 0 Å². The number of hydrogen-bond acceptors (Lipinski definition) is 4. The minimum absolute atomic E-state index is 0.0955. The van der Waals surface area contributed by atoms with E-state index in [4.69, 9.17) is 5.11 Å². The molecule has 28 heavy (non-hydrogen) atoms. The van der Waals surface area contributed by atoms with Crippen LogP contribution in [0.4, 0.5) is 35.1 Å². The number of rotatable bonds is 5. The summed E-state index contributed by atoms with van der Waals surface area (Å²) >= 11 is 0. The highest BCUT2D eigenvalue weighted by Gasteiger charge is 2.50. The molecule has 2 rings (SSSR count). The Morgan fingerprint density at radius 2 is 1.61 bits per heavy atom. The second-order valence-electron chi connectivity index (χ2n) is 6.24. The molecule has 0 spiro atoms. The molecule has 1 aromatic carbocycles. The summed E-state index contributed by atoms with van der Waals surface area (Å²) in [5, 5.41) is 11.9.